The van der Waals surface area contributed by atoms with E-state index in [2.05, 4.69) is 74.5 Å². The molecular weight excluding hydrogens is 252 g/mol. The molecule has 0 fully saturated rings. The molecule has 0 aromatic heterocycles. The van der Waals surface area contributed by atoms with Gasteiger partial charge in [-0.15, -0.1) is 0 Å². The summed E-state index contributed by atoms with van der Waals surface area (Å²) in [6, 6.07) is 0. The molecule has 2 unspecified atom stereocenters. The van der Waals surface area contributed by atoms with Gasteiger partial charge in [0.25, 0.3) is 0 Å². The molecule has 0 saturated heterocycles. The molecule has 122 valence electrons. The van der Waals surface area contributed by atoms with Gasteiger partial charge in [0.1, 0.15) is 0 Å². The molecule has 0 nitrogen and oxygen atoms in total. The second-order valence-electron chi connectivity index (χ2n) is 8.95. The van der Waals surface area contributed by atoms with Gasteiger partial charge in [-0.25, -0.2) is 0 Å². The van der Waals surface area contributed by atoms with Gasteiger partial charge >= 0.3 is 0 Å². The van der Waals surface area contributed by atoms with E-state index in [0.29, 0.717) is 16.7 Å². The molecule has 1 rings (SSSR count). The van der Waals surface area contributed by atoms with Crippen LogP contribution >= 0.6 is 0 Å². The molecule has 21 heavy (non-hydrogen) atoms. The molecule has 0 saturated carbocycles. The fourth-order valence-electron chi connectivity index (χ4n) is 3.79. The quantitative estimate of drug-likeness (QED) is 0.515. The van der Waals surface area contributed by atoms with Crippen LogP contribution in [0.25, 0.3) is 0 Å². The first-order chi connectivity index (χ1) is 9.49. The highest BCUT2D eigenvalue weighted by molar-refractivity contribution is 5.34. The van der Waals surface area contributed by atoms with Crippen molar-refractivity contribution in [3.63, 3.8) is 0 Å². The molecule has 0 spiro atoms. The third-order valence-electron chi connectivity index (χ3n) is 6.38. The summed E-state index contributed by atoms with van der Waals surface area (Å²) in [6.07, 6.45) is 9.96. The maximum absolute atomic E-state index is 2.54. The molecule has 2 atom stereocenters. The Kier molecular flexibility index (Phi) is 5.56. The van der Waals surface area contributed by atoms with Crippen LogP contribution in [0.2, 0.25) is 0 Å². The monoisotopic (exact) mass is 290 g/mol. The maximum atomic E-state index is 2.54. The van der Waals surface area contributed by atoms with Crippen molar-refractivity contribution >= 4 is 0 Å². The molecule has 0 aromatic carbocycles. The summed E-state index contributed by atoms with van der Waals surface area (Å²) in [5.74, 6) is 0.703. The average Bonchev–Trinajstić information content (AvgIpc) is 2.57. The van der Waals surface area contributed by atoms with E-state index >= 15 is 0 Å². The van der Waals surface area contributed by atoms with Crippen LogP contribution in [0.4, 0.5) is 0 Å². The lowest BCUT2D eigenvalue weighted by Crippen LogP contribution is -2.37. The summed E-state index contributed by atoms with van der Waals surface area (Å²) in [5.41, 5.74) is 4.18. The number of rotatable bonds is 4. The molecule has 0 N–H and O–H groups in total. The van der Waals surface area contributed by atoms with Crippen molar-refractivity contribution in [1.29, 1.82) is 0 Å². The first-order valence-corrected chi connectivity index (χ1v) is 8.90. The van der Waals surface area contributed by atoms with Gasteiger partial charge in [0.15, 0.2) is 0 Å². The number of hydrogen-bond acceptors (Lipinski definition) is 0. The zero-order valence-corrected chi connectivity index (χ0v) is 16.1. The van der Waals surface area contributed by atoms with Gasteiger partial charge in [0.2, 0.25) is 0 Å². The largest absolute Gasteiger partial charge is 0.0808 e. The van der Waals surface area contributed by atoms with Crippen LogP contribution in [0.5, 0.6) is 0 Å². The van der Waals surface area contributed by atoms with Crippen LogP contribution in [0.3, 0.4) is 0 Å². The third kappa shape index (κ3) is 3.82. The lowest BCUT2D eigenvalue weighted by atomic mass is 9.59. The maximum Gasteiger partial charge on any atom is -0.00796 e. The molecule has 0 bridgehead atoms. The van der Waals surface area contributed by atoms with Crippen molar-refractivity contribution < 1.29 is 0 Å². The molecule has 0 heteroatoms. The summed E-state index contributed by atoms with van der Waals surface area (Å²) in [6.45, 7) is 21.6. The van der Waals surface area contributed by atoms with Gasteiger partial charge < -0.3 is 0 Å². The fraction of sp³-hybridized carbons (Fsp3) is 0.810. The van der Waals surface area contributed by atoms with Crippen LogP contribution < -0.4 is 0 Å². The Balaban J connectivity index is 3.26. The average molecular weight is 291 g/mol. The summed E-state index contributed by atoms with van der Waals surface area (Å²) >= 11 is 0. The van der Waals surface area contributed by atoms with E-state index in [9.17, 15) is 0 Å². The van der Waals surface area contributed by atoms with Crippen molar-refractivity contribution in [2.24, 2.45) is 22.2 Å². The van der Waals surface area contributed by atoms with E-state index in [-0.39, 0.29) is 5.41 Å². The van der Waals surface area contributed by atoms with Gasteiger partial charge in [0, 0.05) is 0 Å². The fourth-order valence-corrected chi connectivity index (χ4v) is 3.79. The third-order valence-corrected chi connectivity index (χ3v) is 6.38. The van der Waals surface area contributed by atoms with Gasteiger partial charge in [-0.05, 0) is 47.0 Å². The zero-order valence-electron chi connectivity index (χ0n) is 16.1. The van der Waals surface area contributed by atoms with E-state index in [1.165, 1.54) is 31.3 Å². The molecule has 1 aliphatic carbocycles. The molecule has 0 radical (unpaired) electrons. The highest BCUT2D eigenvalue weighted by Gasteiger charge is 2.42. The van der Waals surface area contributed by atoms with E-state index in [1.54, 1.807) is 5.57 Å². The van der Waals surface area contributed by atoms with Crippen molar-refractivity contribution in [2.75, 3.05) is 0 Å². The minimum Gasteiger partial charge on any atom is -0.0808 e. The summed E-state index contributed by atoms with van der Waals surface area (Å²) in [5, 5.41) is 0. The SMILES string of the molecule is CCC1=CC(C(C)(C)C)=CCCC1(C)C(C)C(C)(C)CC. The van der Waals surface area contributed by atoms with Crippen LogP contribution in [-0.4, -0.2) is 0 Å². The van der Waals surface area contributed by atoms with E-state index in [0.717, 1.165) is 0 Å². The van der Waals surface area contributed by atoms with Crippen molar-refractivity contribution in [2.45, 2.75) is 88.0 Å². The topological polar surface area (TPSA) is 0 Å². The predicted octanol–water partition coefficient (Wildman–Crippen LogP) is 7.17. The highest BCUT2D eigenvalue weighted by Crippen LogP contribution is 2.52. The Morgan fingerprint density at radius 2 is 1.71 bits per heavy atom. The van der Waals surface area contributed by atoms with Crippen LogP contribution in [0.1, 0.15) is 88.0 Å². The van der Waals surface area contributed by atoms with Gasteiger partial charge in [-0.2, -0.15) is 0 Å². The predicted molar refractivity (Wildman–Crippen MR) is 96.5 cm³/mol. The molecular formula is C21H38. The zero-order chi connectivity index (χ0) is 16.5. The normalized spacial score (nSPS) is 26.0. The lowest BCUT2D eigenvalue weighted by Gasteiger charge is -2.46. The first kappa shape index (κ1) is 18.5. The van der Waals surface area contributed by atoms with Crippen LogP contribution in [-0.2, 0) is 0 Å². The summed E-state index contributed by atoms with van der Waals surface area (Å²) in [7, 11) is 0. The highest BCUT2D eigenvalue weighted by atomic mass is 14.5. The first-order valence-electron chi connectivity index (χ1n) is 8.90. The van der Waals surface area contributed by atoms with Gasteiger partial charge in [0.05, 0.1) is 0 Å². The molecule has 0 amide bonds. The number of hydrogen-bond donors (Lipinski definition) is 0. The Bertz CT molecular complexity index is 414. The minimum absolute atomic E-state index is 0.259. The van der Waals surface area contributed by atoms with Gasteiger partial charge in [-0.1, -0.05) is 86.5 Å². The lowest BCUT2D eigenvalue weighted by molar-refractivity contribution is 0.0898. The van der Waals surface area contributed by atoms with Crippen LogP contribution in [0.15, 0.2) is 23.3 Å². The van der Waals surface area contributed by atoms with Crippen molar-refractivity contribution in [1.82, 2.24) is 0 Å². The van der Waals surface area contributed by atoms with E-state index in [1.807, 2.05) is 0 Å². The van der Waals surface area contributed by atoms with Crippen LogP contribution in [0, 0.1) is 22.2 Å². The molecule has 1 aliphatic rings. The Labute approximate surface area is 134 Å². The Hall–Kier alpha value is -0.520. The second kappa shape index (κ2) is 6.31. The van der Waals surface area contributed by atoms with Crippen molar-refractivity contribution in [3.05, 3.63) is 23.3 Å². The molecule has 0 aromatic rings. The summed E-state index contributed by atoms with van der Waals surface area (Å²) < 4.78 is 0. The van der Waals surface area contributed by atoms with E-state index < -0.39 is 0 Å². The molecule has 0 aliphatic heterocycles. The standard InChI is InChI=1S/C21H38/c1-10-17-15-18(19(4,5)6)13-12-14-21(17,9)16(3)20(7,8)11-2/h13,15-16H,10-12,14H2,1-9H3. The van der Waals surface area contributed by atoms with Crippen molar-refractivity contribution in [3.8, 4) is 0 Å². The number of allylic oxidation sites excluding steroid dienone is 4. The van der Waals surface area contributed by atoms with E-state index in [4.69, 9.17) is 0 Å². The Morgan fingerprint density at radius 1 is 1.14 bits per heavy atom. The second-order valence-corrected chi connectivity index (χ2v) is 8.95. The molecule has 0 heterocycles. The minimum atomic E-state index is 0.259. The summed E-state index contributed by atoms with van der Waals surface area (Å²) in [4.78, 5) is 0. The van der Waals surface area contributed by atoms with Gasteiger partial charge in [-0.3, -0.25) is 0 Å². The smallest absolute Gasteiger partial charge is 0.00796 e. The Morgan fingerprint density at radius 3 is 2.14 bits per heavy atom.